The van der Waals surface area contributed by atoms with Crippen molar-refractivity contribution in [1.29, 1.82) is 0 Å². The van der Waals surface area contributed by atoms with Crippen molar-refractivity contribution >= 4 is 5.78 Å². The highest BCUT2D eigenvalue weighted by molar-refractivity contribution is 5.78. The van der Waals surface area contributed by atoms with E-state index in [1.807, 2.05) is 0 Å². The van der Waals surface area contributed by atoms with E-state index in [0.717, 1.165) is 0 Å². The molecule has 0 bridgehead atoms. The normalized spacial score (nSPS) is 23.0. The largest absolute Gasteiger partial charge is 0.300 e. The van der Waals surface area contributed by atoms with Gasteiger partial charge >= 0.3 is 0 Å². The van der Waals surface area contributed by atoms with Gasteiger partial charge in [0.1, 0.15) is 5.78 Å². The van der Waals surface area contributed by atoms with E-state index in [9.17, 15) is 4.79 Å². The van der Waals surface area contributed by atoms with Gasteiger partial charge in [0.15, 0.2) is 0 Å². The minimum Gasteiger partial charge on any atom is -0.300 e. The smallest absolute Gasteiger partial charge is 0.132 e. The van der Waals surface area contributed by atoms with Gasteiger partial charge in [0.05, 0.1) is 0 Å². The van der Waals surface area contributed by atoms with Crippen molar-refractivity contribution in [2.45, 2.75) is 39.5 Å². The minimum atomic E-state index is 0.322. The van der Waals surface area contributed by atoms with Gasteiger partial charge in [-0.3, -0.25) is 4.79 Å². The highest BCUT2D eigenvalue weighted by Gasteiger charge is 2.23. The van der Waals surface area contributed by atoms with Crippen LogP contribution in [0.5, 0.6) is 0 Å². The summed E-state index contributed by atoms with van der Waals surface area (Å²) in [5.41, 5.74) is 0. The molecule has 0 aromatic carbocycles. The summed E-state index contributed by atoms with van der Waals surface area (Å²) in [6.45, 7) is 3.78. The highest BCUT2D eigenvalue weighted by atomic mass is 16.1. The molecule has 1 aliphatic carbocycles. The van der Waals surface area contributed by atoms with Crippen LogP contribution in [0.15, 0.2) is 0 Å². The van der Waals surface area contributed by atoms with Crippen LogP contribution in [0.3, 0.4) is 0 Å². The third-order valence-electron chi connectivity index (χ3n) is 2.75. The summed E-state index contributed by atoms with van der Waals surface area (Å²) in [5, 5.41) is 0. The molecule has 58 valence electrons. The second kappa shape index (κ2) is 3.18. The Kier molecular flexibility index (Phi) is 2.47. The molecule has 1 fully saturated rings. The molecule has 10 heavy (non-hydrogen) atoms. The van der Waals surface area contributed by atoms with Crippen molar-refractivity contribution in [3.8, 4) is 0 Å². The highest BCUT2D eigenvalue weighted by Crippen LogP contribution is 2.31. The summed E-state index contributed by atoms with van der Waals surface area (Å²) in [6, 6.07) is 0. The van der Waals surface area contributed by atoms with E-state index in [0.29, 0.717) is 17.6 Å². The van der Waals surface area contributed by atoms with E-state index in [4.69, 9.17) is 0 Å². The van der Waals surface area contributed by atoms with E-state index in [2.05, 4.69) is 6.92 Å². The lowest BCUT2D eigenvalue weighted by Gasteiger charge is -2.14. The summed E-state index contributed by atoms with van der Waals surface area (Å²) in [4.78, 5) is 10.9. The lowest BCUT2D eigenvalue weighted by molar-refractivity contribution is -0.121. The fourth-order valence-electron chi connectivity index (χ4n) is 1.79. The second-order valence-electron chi connectivity index (χ2n) is 3.44. The molecular formula is C9H16O. The van der Waals surface area contributed by atoms with Gasteiger partial charge in [-0.15, -0.1) is 0 Å². The Morgan fingerprint density at radius 3 is 2.30 bits per heavy atom. The molecule has 0 aromatic rings. The molecule has 0 heterocycles. The SMILES string of the molecule is CC(=O)[C@H](C)C1CCCC1. The van der Waals surface area contributed by atoms with Gasteiger partial charge in [-0.2, -0.15) is 0 Å². The van der Waals surface area contributed by atoms with E-state index in [1.54, 1.807) is 6.92 Å². The molecule has 0 radical (unpaired) electrons. The first-order chi connectivity index (χ1) is 4.72. The maximum absolute atomic E-state index is 10.9. The number of carbonyl (C=O) groups is 1. The Morgan fingerprint density at radius 1 is 1.40 bits per heavy atom. The van der Waals surface area contributed by atoms with Crippen LogP contribution in [0.25, 0.3) is 0 Å². The number of hydrogen-bond donors (Lipinski definition) is 0. The zero-order valence-electron chi connectivity index (χ0n) is 6.89. The maximum atomic E-state index is 10.9. The monoisotopic (exact) mass is 140 g/mol. The topological polar surface area (TPSA) is 17.1 Å². The van der Waals surface area contributed by atoms with Crippen LogP contribution in [0.4, 0.5) is 0 Å². The Balaban J connectivity index is 2.39. The fourth-order valence-corrected chi connectivity index (χ4v) is 1.79. The molecular weight excluding hydrogens is 124 g/mol. The van der Waals surface area contributed by atoms with Crippen LogP contribution in [-0.2, 0) is 4.79 Å². The molecule has 1 rings (SSSR count). The number of carbonyl (C=O) groups excluding carboxylic acids is 1. The maximum Gasteiger partial charge on any atom is 0.132 e. The van der Waals surface area contributed by atoms with Crippen LogP contribution >= 0.6 is 0 Å². The predicted octanol–water partition coefficient (Wildman–Crippen LogP) is 2.40. The van der Waals surface area contributed by atoms with Crippen molar-refractivity contribution in [1.82, 2.24) is 0 Å². The van der Waals surface area contributed by atoms with Crippen molar-refractivity contribution < 1.29 is 4.79 Å². The summed E-state index contributed by atoms with van der Waals surface area (Å²) >= 11 is 0. The third kappa shape index (κ3) is 1.59. The molecule has 0 N–H and O–H groups in total. The number of ketones is 1. The predicted molar refractivity (Wildman–Crippen MR) is 41.8 cm³/mol. The summed E-state index contributed by atoms with van der Waals surface area (Å²) < 4.78 is 0. The van der Waals surface area contributed by atoms with Gasteiger partial charge in [-0.1, -0.05) is 19.8 Å². The number of Topliss-reactive ketones (excluding diaryl/α,β-unsaturated/α-hetero) is 1. The van der Waals surface area contributed by atoms with E-state index in [1.165, 1.54) is 25.7 Å². The fraction of sp³-hybridized carbons (Fsp3) is 0.889. The number of hydrogen-bond acceptors (Lipinski definition) is 1. The molecule has 0 amide bonds. The Bertz CT molecular complexity index is 123. The van der Waals surface area contributed by atoms with Crippen LogP contribution in [0, 0.1) is 11.8 Å². The minimum absolute atomic E-state index is 0.322. The molecule has 0 spiro atoms. The van der Waals surface area contributed by atoms with Gasteiger partial charge in [0, 0.05) is 5.92 Å². The van der Waals surface area contributed by atoms with Gasteiger partial charge < -0.3 is 0 Å². The average Bonchev–Trinajstić information content (AvgIpc) is 2.36. The van der Waals surface area contributed by atoms with Gasteiger partial charge in [-0.25, -0.2) is 0 Å². The van der Waals surface area contributed by atoms with Gasteiger partial charge in [-0.05, 0) is 25.7 Å². The van der Waals surface area contributed by atoms with Crippen molar-refractivity contribution in [3.63, 3.8) is 0 Å². The Morgan fingerprint density at radius 2 is 1.90 bits per heavy atom. The Hall–Kier alpha value is -0.330. The molecule has 0 aromatic heterocycles. The quantitative estimate of drug-likeness (QED) is 0.575. The van der Waals surface area contributed by atoms with Crippen molar-refractivity contribution in [3.05, 3.63) is 0 Å². The Labute approximate surface area is 62.8 Å². The molecule has 1 aliphatic rings. The number of rotatable bonds is 2. The van der Waals surface area contributed by atoms with Crippen molar-refractivity contribution in [2.24, 2.45) is 11.8 Å². The first-order valence-electron chi connectivity index (χ1n) is 4.22. The molecule has 1 atom stereocenters. The molecule has 1 heteroatoms. The first-order valence-corrected chi connectivity index (χ1v) is 4.22. The zero-order valence-corrected chi connectivity index (χ0v) is 6.89. The van der Waals surface area contributed by atoms with Crippen LogP contribution in [-0.4, -0.2) is 5.78 Å². The summed E-state index contributed by atoms with van der Waals surface area (Å²) in [6.07, 6.45) is 5.23. The average molecular weight is 140 g/mol. The summed E-state index contributed by atoms with van der Waals surface area (Å²) in [5.74, 6) is 1.40. The molecule has 1 saturated carbocycles. The van der Waals surface area contributed by atoms with Crippen LogP contribution < -0.4 is 0 Å². The molecule has 0 unspecified atom stereocenters. The zero-order chi connectivity index (χ0) is 7.56. The second-order valence-corrected chi connectivity index (χ2v) is 3.44. The molecule has 0 saturated heterocycles. The van der Waals surface area contributed by atoms with Crippen LogP contribution in [0.2, 0.25) is 0 Å². The van der Waals surface area contributed by atoms with Crippen LogP contribution in [0.1, 0.15) is 39.5 Å². The standard InChI is InChI=1S/C9H16O/c1-7(8(2)10)9-5-3-4-6-9/h7,9H,3-6H2,1-2H3/t7-/m0/s1. The lowest BCUT2D eigenvalue weighted by Crippen LogP contribution is -2.15. The first kappa shape index (κ1) is 7.77. The van der Waals surface area contributed by atoms with E-state index in [-0.39, 0.29) is 0 Å². The van der Waals surface area contributed by atoms with Gasteiger partial charge in [0.2, 0.25) is 0 Å². The van der Waals surface area contributed by atoms with E-state index >= 15 is 0 Å². The van der Waals surface area contributed by atoms with Gasteiger partial charge in [0.25, 0.3) is 0 Å². The summed E-state index contributed by atoms with van der Waals surface area (Å²) in [7, 11) is 0. The van der Waals surface area contributed by atoms with E-state index < -0.39 is 0 Å². The third-order valence-corrected chi connectivity index (χ3v) is 2.75. The lowest BCUT2D eigenvalue weighted by atomic mass is 9.90. The molecule has 1 nitrogen and oxygen atoms in total. The van der Waals surface area contributed by atoms with Crippen molar-refractivity contribution in [2.75, 3.05) is 0 Å². The molecule has 0 aliphatic heterocycles.